The first-order valence-corrected chi connectivity index (χ1v) is 5.44. The van der Waals surface area contributed by atoms with E-state index >= 15 is 0 Å². The zero-order chi connectivity index (χ0) is 11.4. The Kier molecular flexibility index (Phi) is 4.28. The molecule has 0 saturated carbocycles. The van der Waals surface area contributed by atoms with Gasteiger partial charge in [-0.2, -0.15) is 0 Å². The van der Waals surface area contributed by atoms with Crippen LogP contribution in [0.5, 0.6) is 0 Å². The first-order valence-electron chi connectivity index (χ1n) is 5.44. The number of hydrogen-bond acceptors (Lipinski definition) is 1. The number of aliphatic hydroxyl groups is 1. The minimum absolute atomic E-state index is 0.180. The van der Waals surface area contributed by atoms with Crippen LogP contribution in [0.3, 0.4) is 0 Å². The molecule has 0 unspecified atom stereocenters. The highest BCUT2D eigenvalue weighted by Crippen LogP contribution is 2.16. The molecule has 1 aromatic rings. The van der Waals surface area contributed by atoms with Gasteiger partial charge in [-0.1, -0.05) is 13.0 Å². The van der Waals surface area contributed by atoms with Crippen LogP contribution < -0.4 is 0 Å². The molecule has 2 atom stereocenters. The molecule has 1 aromatic carbocycles. The molecule has 1 nitrogen and oxygen atoms in total. The van der Waals surface area contributed by atoms with E-state index in [9.17, 15) is 9.50 Å². The van der Waals surface area contributed by atoms with Gasteiger partial charge in [0.05, 0.1) is 6.10 Å². The van der Waals surface area contributed by atoms with E-state index in [1.807, 2.05) is 13.8 Å². The molecule has 0 saturated heterocycles. The van der Waals surface area contributed by atoms with E-state index in [0.717, 1.165) is 24.0 Å². The van der Waals surface area contributed by atoms with E-state index in [4.69, 9.17) is 0 Å². The van der Waals surface area contributed by atoms with Crippen molar-refractivity contribution in [2.75, 3.05) is 0 Å². The van der Waals surface area contributed by atoms with Crippen molar-refractivity contribution in [3.05, 3.63) is 35.1 Å². The summed E-state index contributed by atoms with van der Waals surface area (Å²) in [7, 11) is 0. The minimum atomic E-state index is -0.293. The average molecular weight is 210 g/mol. The van der Waals surface area contributed by atoms with Crippen molar-refractivity contribution < 1.29 is 9.50 Å². The fourth-order valence-electron chi connectivity index (χ4n) is 1.53. The maximum atomic E-state index is 13.0. The fourth-order valence-corrected chi connectivity index (χ4v) is 1.53. The third-order valence-corrected chi connectivity index (χ3v) is 3.00. The molecular weight excluding hydrogens is 191 g/mol. The lowest BCUT2D eigenvalue weighted by atomic mass is 9.95. The molecule has 0 aliphatic heterocycles. The fraction of sp³-hybridized carbons (Fsp3) is 0.538. The molecule has 0 amide bonds. The van der Waals surface area contributed by atoms with Crippen LogP contribution >= 0.6 is 0 Å². The first kappa shape index (κ1) is 12.2. The van der Waals surface area contributed by atoms with Gasteiger partial charge in [0.2, 0.25) is 0 Å². The zero-order valence-electron chi connectivity index (χ0n) is 9.63. The quantitative estimate of drug-likeness (QED) is 0.809. The number of aliphatic hydroxyl groups excluding tert-OH is 1. The highest BCUT2D eigenvalue weighted by Gasteiger charge is 2.09. The van der Waals surface area contributed by atoms with Crippen molar-refractivity contribution >= 4 is 0 Å². The Hall–Kier alpha value is -0.890. The largest absolute Gasteiger partial charge is 0.393 e. The van der Waals surface area contributed by atoms with Gasteiger partial charge < -0.3 is 5.11 Å². The van der Waals surface area contributed by atoms with Crippen LogP contribution in [0.15, 0.2) is 18.2 Å². The van der Waals surface area contributed by atoms with Crippen molar-refractivity contribution in [2.45, 2.75) is 39.7 Å². The van der Waals surface area contributed by atoms with E-state index in [1.54, 1.807) is 19.1 Å². The van der Waals surface area contributed by atoms with Crippen LogP contribution in [-0.4, -0.2) is 11.2 Å². The van der Waals surface area contributed by atoms with Gasteiger partial charge in [0.25, 0.3) is 0 Å². The number of benzene rings is 1. The molecule has 0 fully saturated rings. The third-order valence-electron chi connectivity index (χ3n) is 3.00. The van der Waals surface area contributed by atoms with Crippen molar-refractivity contribution in [3.63, 3.8) is 0 Å². The average Bonchev–Trinajstić information content (AvgIpc) is 2.18. The van der Waals surface area contributed by atoms with Crippen molar-refractivity contribution in [1.82, 2.24) is 0 Å². The molecule has 84 valence electrons. The smallest absolute Gasteiger partial charge is 0.123 e. The van der Waals surface area contributed by atoms with Gasteiger partial charge in [0.15, 0.2) is 0 Å². The Labute approximate surface area is 90.9 Å². The SMILES string of the molecule is Cc1ccc(F)cc1CC[C@@H](C)[C@H](C)O. The number of halogens is 1. The topological polar surface area (TPSA) is 20.2 Å². The Bertz CT molecular complexity index is 320. The predicted molar refractivity (Wildman–Crippen MR) is 60.3 cm³/mol. The Morgan fingerprint density at radius 2 is 2.00 bits per heavy atom. The maximum absolute atomic E-state index is 13.0. The van der Waals surface area contributed by atoms with Gasteiger partial charge in [0, 0.05) is 0 Å². The summed E-state index contributed by atoms with van der Waals surface area (Å²) in [6.45, 7) is 5.80. The van der Waals surface area contributed by atoms with Crippen molar-refractivity contribution in [2.24, 2.45) is 5.92 Å². The second-order valence-corrected chi connectivity index (χ2v) is 4.33. The summed E-state index contributed by atoms with van der Waals surface area (Å²) in [5, 5.41) is 9.35. The molecule has 1 N–H and O–H groups in total. The van der Waals surface area contributed by atoms with Crippen molar-refractivity contribution in [1.29, 1.82) is 0 Å². The molecule has 0 aliphatic rings. The summed E-state index contributed by atoms with van der Waals surface area (Å²) in [6, 6.07) is 4.87. The number of aryl methyl sites for hydroxylation is 2. The predicted octanol–water partition coefficient (Wildman–Crippen LogP) is 3.08. The summed E-state index contributed by atoms with van der Waals surface area (Å²) in [5.74, 6) is 0.0768. The van der Waals surface area contributed by atoms with Gasteiger partial charge >= 0.3 is 0 Å². The lowest BCUT2D eigenvalue weighted by Gasteiger charge is -2.15. The van der Waals surface area contributed by atoms with E-state index in [2.05, 4.69) is 0 Å². The van der Waals surface area contributed by atoms with Crippen LogP contribution in [0.2, 0.25) is 0 Å². The van der Waals surface area contributed by atoms with E-state index in [0.29, 0.717) is 0 Å². The standard InChI is InChI=1S/C13H19FO/c1-9(11(3)15)4-6-12-8-13(14)7-5-10(12)2/h5,7-9,11,15H,4,6H2,1-3H3/t9-,11+/m1/s1. The van der Waals surface area contributed by atoms with Crippen molar-refractivity contribution in [3.8, 4) is 0 Å². The summed E-state index contributed by atoms with van der Waals surface area (Å²) in [5.41, 5.74) is 2.16. The summed E-state index contributed by atoms with van der Waals surface area (Å²) in [6.07, 6.45) is 1.43. The molecule has 0 radical (unpaired) electrons. The third kappa shape index (κ3) is 3.63. The van der Waals surface area contributed by atoms with Crippen LogP contribution in [0.4, 0.5) is 4.39 Å². The molecule has 0 spiro atoms. The van der Waals surface area contributed by atoms with Gasteiger partial charge in [-0.3, -0.25) is 0 Å². The van der Waals surface area contributed by atoms with Gasteiger partial charge in [-0.15, -0.1) is 0 Å². The summed E-state index contributed by atoms with van der Waals surface area (Å²) >= 11 is 0. The van der Waals surface area contributed by atoms with E-state index in [1.165, 1.54) is 6.07 Å². The molecule has 2 heteroatoms. The van der Waals surface area contributed by atoms with Crippen LogP contribution in [0, 0.1) is 18.7 Å². The highest BCUT2D eigenvalue weighted by molar-refractivity contribution is 5.26. The molecule has 0 aromatic heterocycles. The molecule has 0 bridgehead atoms. The second kappa shape index (κ2) is 5.26. The molecule has 0 aliphatic carbocycles. The lowest BCUT2D eigenvalue weighted by molar-refractivity contribution is 0.130. The van der Waals surface area contributed by atoms with E-state index in [-0.39, 0.29) is 17.8 Å². The number of rotatable bonds is 4. The maximum Gasteiger partial charge on any atom is 0.123 e. The lowest BCUT2D eigenvalue weighted by Crippen LogP contribution is -2.13. The normalized spacial score (nSPS) is 15.0. The monoisotopic (exact) mass is 210 g/mol. The van der Waals surface area contributed by atoms with Gasteiger partial charge in [-0.05, 0) is 55.9 Å². The Morgan fingerprint density at radius 1 is 1.33 bits per heavy atom. The molecular formula is C13H19FO. The van der Waals surface area contributed by atoms with Crippen LogP contribution in [0.1, 0.15) is 31.4 Å². The molecule has 1 rings (SSSR count). The van der Waals surface area contributed by atoms with Gasteiger partial charge in [0.1, 0.15) is 5.82 Å². The van der Waals surface area contributed by atoms with E-state index < -0.39 is 0 Å². The zero-order valence-corrected chi connectivity index (χ0v) is 9.63. The summed E-state index contributed by atoms with van der Waals surface area (Å²) in [4.78, 5) is 0. The highest BCUT2D eigenvalue weighted by atomic mass is 19.1. The molecule has 0 heterocycles. The van der Waals surface area contributed by atoms with Gasteiger partial charge in [-0.25, -0.2) is 4.39 Å². The Balaban J connectivity index is 2.61. The first-order chi connectivity index (χ1) is 7.00. The number of hydrogen-bond donors (Lipinski definition) is 1. The van der Waals surface area contributed by atoms with Crippen LogP contribution in [-0.2, 0) is 6.42 Å². The summed E-state index contributed by atoms with van der Waals surface area (Å²) < 4.78 is 13.0. The second-order valence-electron chi connectivity index (χ2n) is 4.33. The Morgan fingerprint density at radius 3 is 2.60 bits per heavy atom. The minimum Gasteiger partial charge on any atom is -0.393 e. The van der Waals surface area contributed by atoms with Crippen LogP contribution in [0.25, 0.3) is 0 Å². The molecule has 15 heavy (non-hydrogen) atoms.